The van der Waals surface area contributed by atoms with Crippen molar-refractivity contribution >= 4 is 5.52 Å². The largest absolute Gasteiger partial charge is 1.00 e. The van der Waals surface area contributed by atoms with Gasteiger partial charge in [0.15, 0.2) is 18.6 Å². The van der Waals surface area contributed by atoms with Crippen LogP contribution in [0.5, 0.6) is 0 Å². The summed E-state index contributed by atoms with van der Waals surface area (Å²) >= 11 is 0. The zero-order valence-electron chi connectivity index (χ0n) is 10.3. The first-order valence-corrected chi connectivity index (χ1v) is 5.76. The summed E-state index contributed by atoms with van der Waals surface area (Å²) in [7, 11) is 0. The van der Waals surface area contributed by atoms with E-state index in [-0.39, 0.29) is 48.0 Å². The molecular weight excluding hydrogens is 462 g/mol. The fourth-order valence-electron chi connectivity index (χ4n) is 2.05. The first-order valence-electron chi connectivity index (χ1n) is 5.76. The molecule has 0 spiro atoms. The van der Waals surface area contributed by atoms with Gasteiger partial charge in [-0.05, 0) is 12.1 Å². The van der Waals surface area contributed by atoms with Gasteiger partial charge in [0.2, 0.25) is 12.1 Å². The number of hydrogen-bond donors (Lipinski definition) is 0. The van der Waals surface area contributed by atoms with E-state index in [2.05, 4.69) is 76.1 Å². The third-order valence-electron chi connectivity index (χ3n) is 2.88. The van der Waals surface area contributed by atoms with Crippen LogP contribution in [0.3, 0.4) is 0 Å². The summed E-state index contributed by atoms with van der Waals surface area (Å²) in [5.41, 5.74) is 2.50. The number of pyridine rings is 3. The van der Waals surface area contributed by atoms with Gasteiger partial charge in [0.05, 0.1) is 0 Å². The molecule has 0 bridgehead atoms. The van der Waals surface area contributed by atoms with Crippen molar-refractivity contribution in [2.75, 3.05) is 0 Å². The Morgan fingerprint density at radius 2 is 1.37 bits per heavy atom. The van der Waals surface area contributed by atoms with E-state index >= 15 is 0 Å². The first-order chi connectivity index (χ1) is 8.43. The molecule has 0 aromatic carbocycles. The van der Waals surface area contributed by atoms with Gasteiger partial charge in [-0.25, -0.2) is 0 Å². The minimum atomic E-state index is 0. The van der Waals surface area contributed by atoms with Crippen molar-refractivity contribution in [2.24, 2.45) is 0 Å². The molecule has 0 aliphatic rings. The van der Waals surface area contributed by atoms with Crippen molar-refractivity contribution in [1.82, 2.24) is 0 Å². The molecule has 0 aliphatic heterocycles. The highest BCUT2D eigenvalue weighted by molar-refractivity contribution is 5.37. The molecule has 0 amide bonds. The van der Waals surface area contributed by atoms with Crippen molar-refractivity contribution < 1.29 is 56.9 Å². The predicted octanol–water partition coefficient (Wildman–Crippen LogP) is -4.23. The molecule has 0 N–H and O–H groups in total. The summed E-state index contributed by atoms with van der Waals surface area (Å²) in [5, 5.41) is 0. The molecule has 3 aromatic heterocycles. The molecule has 3 rings (SSSR count). The summed E-state index contributed by atoms with van der Waals surface area (Å²) in [4.78, 5) is 0. The van der Waals surface area contributed by atoms with E-state index in [1.807, 2.05) is 6.07 Å². The summed E-state index contributed by atoms with van der Waals surface area (Å²) < 4.78 is 4.40. The highest BCUT2D eigenvalue weighted by atomic mass is 127. The Kier molecular flexibility index (Phi) is 6.64. The highest BCUT2D eigenvalue weighted by Crippen LogP contribution is 1.99. The van der Waals surface area contributed by atoms with Crippen molar-refractivity contribution in [2.45, 2.75) is 6.54 Å². The van der Waals surface area contributed by atoms with E-state index in [0.29, 0.717) is 0 Å². The fourth-order valence-corrected chi connectivity index (χ4v) is 2.05. The normalized spacial score (nSPS) is 9.47. The molecule has 3 aromatic rings. The number of fused-ring (bicyclic) bond motifs is 1. The minimum Gasteiger partial charge on any atom is -1.00 e. The average molecular weight is 476 g/mol. The molecule has 0 atom stereocenters. The highest BCUT2D eigenvalue weighted by Gasteiger charge is 2.12. The molecule has 0 saturated heterocycles. The summed E-state index contributed by atoms with van der Waals surface area (Å²) in [6.45, 7) is 0.882. The van der Waals surface area contributed by atoms with Crippen molar-refractivity contribution in [3.8, 4) is 0 Å². The standard InChI is InChI=1S/C15H14N2.2HI/c1-3-10-16(11-4-1)13-15-9-6-8-14-7-2-5-12-17(14)15;;/h1-12H,13H2;2*1H/q+2;;/p-2. The van der Waals surface area contributed by atoms with Crippen LogP contribution in [0.1, 0.15) is 5.69 Å². The van der Waals surface area contributed by atoms with Crippen LogP contribution < -0.4 is 56.9 Å². The summed E-state index contributed by atoms with van der Waals surface area (Å²) in [5.74, 6) is 0. The molecule has 98 valence electrons. The van der Waals surface area contributed by atoms with E-state index < -0.39 is 0 Å². The quantitative estimate of drug-likeness (QED) is 0.262. The van der Waals surface area contributed by atoms with Crippen LogP contribution in [0.25, 0.3) is 5.52 Å². The van der Waals surface area contributed by atoms with Crippen LogP contribution in [0, 0.1) is 0 Å². The molecule has 4 heteroatoms. The van der Waals surface area contributed by atoms with Crippen molar-refractivity contribution in [3.05, 3.63) is 78.9 Å². The lowest BCUT2D eigenvalue weighted by atomic mass is 10.2. The van der Waals surface area contributed by atoms with Crippen LogP contribution >= 0.6 is 0 Å². The molecular formula is C15H14I2N2. The Bertz CT molecular complexity index is 636. The van der Waals surface area contributed by atoms with E-state index in [4.69, 9.17) is 0 Å². The van der Waals surface area contributed by atoms with Crippen molar-refractivity contribution in [3.63, 3.8) is 0 Å². The molecule has 0 saturated carbocycles. The van der Waals surface area contributed by atoms with E-state index in [1.165, 1.54) is 11.2 Å². The van der Waals surface area contributed by atoms with Gasteiger partial charge >= 0.3 is 0 Å². The maximum atomic E-state index is 2.22. The smallest absolute Gasteiger partial charge is 0.253 e. The van der Waals surface area contributed by atoms with Gasteiger partial charge in [-0.15, -0.1) is 0 Å². The lowest BCUT2D eigenvalue weighted by Gasteiger charge is -1.96. The van der Waals surface area contributed by atoms with E-state index in [0.717, 1.165) is 6.54 Å². The second kappa shape index (κ2) is 7.74. The number of hydrogen-bond acceptors (Lipinski definition) is 0. The Labute approximate surface area is 147 Å². The monoisotopic (exact) mass is 476 g/mol. The minimum absolute atomic E-state index is 0. The molecule has 0 unspecified atom stereocenters. The molecule has 0 fully saturated rings. The Morgan fingerprint density at radius 1 is 0.684 bits per heavy atom. The van der Waals surface area contributed by atoms with Crippen LogP contribution in [0.15, 0.2) is 73.2 Å². The molecule has 0 radical (unpaired) electrons. The van der Waals surface area contributed by atoms with Gasteiger partial charge in [-0.3, -0.25) is 0 Å². The second-order valence-corrected chi connectivity index (χ2v) is 4.06. The lowest BCUT2D eigenvalue weighted by molar-refractivity contribution is -0.705. The molecule has 19 heavy (non-hydrogen) atoms. The van der Waals surface area contributed by atoms with E-state index in [9.17, 15) is 0 Å². The molecule has 0 aliphatic carbocycles. The number of nitrogens with zero attached hydrogens (tertiary/aromatic N) is 2. The second-order valence-electron chi connectivity index (χ2n) is 4.06. The fraction of sp³-hybridized carbons (Fsp3) is 0.0667. The van der Waals surface area contributed by atoms with Crippen LogP contribution in [-0.4, -0.2) is 0 Å². The molecule has 3 heterocycles. The van der Waals surface area contributed by atoms with Gasteiger partial charge in [-0.1, -0.05) is 6.07 Å². The van der Waals surface area contributed by atoms with Gasteiger partial charge in [0, 0.05) is 36.4 Å². The zero-order valence-corrected chi connectivity index (χ0v) is 14.6. The SMILES string of the molecule is [I-].[I-].c1cc[n+](Cc2cccc3cccc[n+]23)cc1. The van der Waals surface area contributed by atoms with Gasteiger partial charge in [0.25, 0.3) is 5.69 Å². The van der Waals surface area contributed by atoms with Gasteiger partial charge < -0.3 is 48.0 Å². The maximum absolute atomic E-state index is 2.22. The number of aromatic nitrogens is 2. The first kappa shape index (κ1) is 16.3. The molecule has 2 nitrogen and oxygen atoms in total. The van der Waals surface area contributed by atoms with Crippen LogP contribution in [-0.2, 0) is 6.54 Å². The average Bonchev–Trinajstić information content (AvgIpc) is 2.40. The van der Waals surface area contributed by atoms with Crippen molar-refractivity contribution in [1.29, 1.82) is 0 Å². The van der Waals surface area contributed by atoms with Gasteiger partial charge in [0.1, 0.15) is 0 Å². The maximum Gasteiger partial charge on any atom is 0.253 e. The third kappa shape index (κ3) is 3.85. The van der Waals surface area contributed by atoms with Crippen LogP contribution in [0.2, 0.25) is 0 Å². The Balaban J connectivity index is 0.000000902. The Hall–Kier alpha value is -0.760. The van der Waals surface area contributed by atoms with E-state index in [1.54, 1.807) is 0 Å². The van der Waals surface area contributed by atoms with Gasteiger partial charge in [-0.2, -0.15) is 8.97 Å². The number of halogens is 2. The predicted molar refractivity (Wildman–Crippen MR) is 65.3 cm³/mol. The zero-order chi connectivity index (χ0) is 11.5. The third-order valence-corrected chi connectivity index (χ3v) is 2.88. The Morgan fingerprint density at radius 3 is 2.16 bits per heavy atom. The lowest BCUT2D eigenvalue weighted by Crippen LogP contribution is -3.00. The van der Waals surface area contributed by atoms with Crippen LogP contribution in [0.4, 0.5) is 0 Å². The topological polar surface area (TPSA) is 7.98 Å². The number of rotatable bonds is 2. The summed E-state index contributed by atoms with van der Waals surface area (Å²) in [6.07, 6.45) is 6.28. The summed E-state index contributed by atoms with van der Waals surface area (Å²) in [6, 6.07) is 18.8.